The summed E-state index contributed by atoms with van der Waals surface area (Å²) in [6.07, 6.45) is 1.61. The summed E-state index contributed by atoms with van der Waals surface area (Å²) < 4.78 is 1.37. The molecule has 0 unspecified atom stereocenters. The molecule has 0 aliphatic carbocycles. The van der Waals surface area contributed by atoms with Crippen molar-refractivity contribution < 1.29 is 4.79 Å². The van der Waals surface area contributed by atoms with Crippen LogP contribution in [0.1, 0.15) is 15.9 Å². The Morgan fingerprint density at radius 2 is 1.95 bits per heavy atom. The van der Waals surface area contributed by atoms with Crippen molar-refractivity contribution in [3.05, 3.63) is 69.1 Å². The summed E-state index contributed by atoms with van der Waals surface area (Å²) in [5.74, 6) is -0.379. The van der Waals surface area contributed by atoms with E-state index in [-0.39, 0.29) is 17.0 Å². The number of benzene rings is 1. The van der Waals surface area contributed by atoms with Crippen molar-refractivity contribution in [2.75, 3.05) is 0 Å². The fraction of sp³-hybridized carbons (Fsp3) is 0.143. The number of nitrogens with zero attached hydrogens (tertiary/aromatic N) is 1. The van der Waals surface area contributed by atoms with Gasteiger partial charge in [0.15, 0.2) is 0 Å². The van der Waals surface area contributed by atoms with Crippen LogP contribution in [0.25, 0.3) is 0 Å². The van der Waals surface area contributed by atoms with E-state index in [9.17, 15) is 9.59 Å². The molecule has 2 aromatic rings. The average Bonchev–Trinajstić information content (AvgIpc) is 2.41. The van der Waals surface area contributed by atoms with Crippen LogP contribution in [0, 0.1) is 0 Å². The van der Waals surface area contributed by atoms with Crippen LogP contribution in [-0.4, -0.2) is 10.5 Å². The molecule has 1 aromatic carbocycles. The fourth-order valence-corrected chi connectivity index (χ4v) is 1.78. The number of halogens is 1. The quantitative estimate of drug-likeness (QED) is 0.932. The molecule has 0 aliphatic rings. The molecule has 19 heavy (non-hydrogen) atoms. The molecular formula is C14H13ClN2O2. The van der Waals surface area contributed by atoms with Gasteiger partial charge in [0.2, 0.25) is 0 Å². The number of rotatable bonds is 3. The molecule has 0 radical (unpaired) electrons. The Balaban J connectivity index is 2.07. The molecule has 98 valence electrons. The van der Waals surface area contributed by atoms with Crippen molar-refractivity contribution in [1.82, 2.24) is 9.88 Å². The topological polar surface area (TPSA) is 51.1 Å². The van der Waals surface area contributed by atoms with Gasteiger partial charge in [0, 0.05) is 24.8 Å². The zero-order chi connectivity index (χ0) is 13.8. The number of hydrogen-bond donors (Lipinski definition) is 1. The number of aryl methyl sites for hydroxylation is 1. The highest BCUT2D eigenvalue weighted by Gasteiger charge is 2.10. The Kier molecular flexibility index (Phi) is 4.02. The molecule has 2 rings (SSSR count). The summed E-state index contributed by atoms with van der Waals surface area (Å²) in [4.78, 5) is 23.7. The Morgan fingerprint density at radius 3 is 2.63 bits per heavy atom. The first-order chi connectivity index (χ1) is 9.08. The predicted molar refractivity (Wildman–Crippen MR) is 74.3 cm³/mol. The zero-order valence-electron chi connectivity index (χ0n) is 10.4. The van der Waals surface area contributed by atoms with Gasteiger partial charge in [-0.25, -0.2) is 0 Å². The first-order valence-corrected chi connectivity index (χ1v) is 6.14. The van der Waals surface area contributed by atoms with E-state index in [4.69, 9.17) is 11.6 Å². The van der Waals surface area contributed by atoms with Crippen LogP contribution in [0.3, 0.4) is 0 Å². The number of nitrogens with one attached hydrogen (secondary N) is 1. The molecule has 0 fully saturated rings. The second-order valence-corrected chi connectivity index (χ2v) is 4.58. The predicted octanol–water partition coefficient (Wildman–Crippen LogP) is 1.97. The van der Waals surface area contributed by atoms with E-state index >= 15 is 0 Å². The number of pyridine rings is 1. The standard InChI is InChI=1S/C14H13ClN2O2/c1-17-8-2-3-12(14(17)19)13(18)16-9-10-4-6-11(15)7-5-10/h2-8H,9H2,1H3,(H,16,18). The lowest BCUT2D eigenvalue weighted by Gasteiger charge is -2.06. The summed E-state index contributed by atoms with van der Waals surface area (Å²) in [5.41, 5.74) is 0.751. The maximum absolute atomic E-state index is 11.9. The molecule has 1 N–H and O–H groups in total. The summed E-state index contributed by atoms with van der Waals surface area (Å²) in [7, 11) is 1.61. The van der Waals surface area contributed by atoms with Gasteiger partial charge in [0.1, 0.15) is 5.56 Å². The van der Waals surface area contributed by atoms with Gasteiger partial charge in [-0.15, -0.1) is 0 Å². The van der Waals surface area contributed by atoms with Crippen molar-refractivity contribution >= 4 is 17.5 Å². The van der Waals surface area contributed by atoms with E-state index in [1.54, 1.807) is 31.4 Å². The van der Waals surface area contributed by atoms with Gasteiger partial charge in [-0.3, -0.25) is 9.59 Å². The lowest BCUT2D eigenvalue weighted by atomic mass is 10.2. The number of carbonyl (C=O) groups is 1. The minimum atomic E-state index is -0.379. The summed E-state index contributed by atoms with van der Waals surface area (Å²) in [6.45, 7) is 0.355. The van der Waals surface area contributed by atoms with Crippen LogP contribution in [0.5, 0.6) is 0 Å². The largest absolute Gasteiger partial charge is 0.348 e. The molecular weight excluding hydrogens is 264 g/mol. The van der Waals surface area contributed by atoms with Gasteiger partial charge in [-0.2, -0.15) is 0 Å². The van der Waals surface area contributed by atoms with Crippen molar-refractivity contribution in [3.8, 4) is 0 Å². The molecule has 5 heteroatoms. The minimum Gasteiger partial charge on any atom is -0.348 e. The third-order valence-corrected chi connectivity index (χ3v) is 2.99. The average molecular weight is 277 g/mol. The van der Waals surface area contributed by atoms with E-state index < -0.39 is 0 Å². The Bertz CT molecular complexity index is 647. The highest BCUT2D eigenvalue weighted by Crippen LogP contribution is 2.09. The highest BCUT2D eigenvalue weighted by molar-refractivity contribution is 6.30. The van der Waals surface area contributed by atoms with Crippen LogP contribution in [0.15, 0.2) is 47.4 Å². The first kappa shape index (κ1) is 13.4. The van der Waals surface area contributed by atoms with Gasteiger partial charge in [0.25, 0.3) is 11.5 Å². The smallest absolute Gasteiger partial charge is 0.263 e. The monoisotopic (exact) mass is 276 g/mol. The van der Waals surface area contributed by atoms with E-state index in [2.05, 4.69) is 5.32 Å². The SMILES string of the molecule is Cn1cccc(C(=O)NCc2ccc(Cl)cc2)c1=O. The normalized spacial score (nSPS) is 10.2. The molecule has 4 nitrogen and oxygen atoms in total. The van der Waals surface area contributed by atoms with Gasteiger partial charge in [0.05, 0.1) is 0 Å². The lowest BCUT2D eigenvalue weighted by molar-refractivity contribution is 0.0949. The summed E-state index contributed by atoms with van der Waals surface area (Å²) in [6, 6.07) is 10.3. The van der Waals surface area contributed by atoms with Gasteiger partial charge < -0.3 is 9.88 Å². The summed E-state index contributed by atoms with van der Waals surface area (Å²) >= 11 is 5.78. The van der Waals surface area contributed by atoms with Crippen LogP contribution < -0.4 is 10.9 Å². The number of carbonyl (C=O) groups excluding carboxylic acids is 1. The van der Waals surface area contributed by atoms with Crippen molar-refractivity contribution in [3.63, 3.8) is 0 Å². The second kappa shape index (κ2) is 5.71. The molecule has 1 aromatic heterocycles. The van der Waals surface area contributed by atoms with Crippen molar-refractivity contribution in [1.29, 1.82) is 0 Å². The first-order valence-electron chi connectivity index (χ1n) is 5.76. The Morgan fingerprint density at radius 1 is 1.26 bits per heavy atom. The molecule has 0 spiro atoms. The number of aromatic nitrogens is 1. The lowest BCUT2D eigenvalue weighted by Crippen LogP contribution is -2.31. The van der Waals surface area contributed by atoms with Gasteiger partial charge in [-0.1, -0.05) is 23.7 Å². The number of hydrogen-bond acceptors (Lipinski definition) is 2. The molecule has 0 bridgehead atoms. The molecule has 0 atom stereocenters. The number of amides is 1. The van der Waals surface area contributed by atoms with E-state index in [0.717, 1.165) is 5.56 Å². The minimum absolute atomic E-state index is 0.138. The fourth-order valence-electron chi connectivity index (χ4n) is 1.65. The maximum Gasteiger partial charge on any atom is 0.263 e. The Hall–Kier alpha value is -2.07. The van der Waals surface area contributed by atoms with Gasteiger partial charge in [-0.05, 0) is 29.8 Å². The zero-order valence-corrected chi connectivity index (χ0v) is 11.1. The van der Waals surface area contributed by atoms with Crippen molar-refractivity contribution in [2.24, 2.45) is 7.05 Å². The van der Waals surface area contributed by atoms with E-state index in [0.29, 0.717) is 11.6 Å². The van der Waals surface area contributed by atoms with Crippen LogP contribution in [0.4, 0.5) is 0 Å². The maximum atomic E-state index is 11.9. The molecule has 0 saturated heterocycles. The van der Waals surface area contributed by atoms with Crippen LogP contribution in [-0.2, 0) is 13.6 Å². The summed E-state index contributed by atoms with van der Waals surface area (Å²) in [5, 5.41) is 3.35. The van der Waals surface area contributed by atoms with Crippen LogP contribution >= 0.6 is 11.6 Å². The van der Waals surface area contributed by atoms with E-state index in [1.165, 1.54) is 10.6 Å². The molecule has 0 aliphatic heterocycles. The molecule has 1 amide bonds. The second-order valence-electron chi connectivity index (χ2n) is 4.15. The Labute approximate surface area is 115 Å². The van der Waals surface area contributed by atoms with Gasteiger partial charge >= 0.3 is 0 Å². The molecule has 0 saturated carbocycles. The van der Waals surface area contributed by atoms with Crippen molar-refractivity contribution in [2.45, 2.75) is 6.54 Å². The molecule has 1 heterocycles. The highest BCUT2D eigenvalue weighted by atomic mass is 35.5. The third kappa shape index (κ3) is 3.23. The third-order valence-electron chi connectivity index (χ3n) is 2.73. The van der Waals surface area contributed by atoms with E-state index in [1.807, 2.05) is 12.1 Å². The van der Waals surface area contributed by atoms with Crippen LogP contribution in [0.2, 0.25) is 5.02 Å².